The number of hydrogen-bond acceptors (Lipinski definition) is 7. The fourth-order valence-electron chi connectivity index (χ4n) is 2.79. The van der Waals surface area contributed by atoms with E-state index in [-0.39, 0.29) is 5.91 Å². The lowest BCUT2D eigenvalue weighted by atomic mass is 9.99. The van der Waals surface area contributed by atoms with Crippen molar-refractivity contribution in [2.24, 2.45) is 0 Å². The molecule has 9 heteroatoms. The van der Waals surface area contributed by atoms with E-state index in [2.05, 4.69) is 51.4 Å². The van der Waals surface area contributed by atoms with Gasteiger partial charge in [0, 0.05) is 30.8 Å². The minimum Gasteiger partial charge on any atom is -0.299 e. The molecule has 0 aromatic carbocycles. The normalized spacial score (nSPS) is 14.8. The van der Waals surface area contributed by atoms with Crippen molar-refractivity contribution in [1.29, 1.82) is 0 Å². The molecule has 0 spiro atoms. The Bertz CT molecular complexity index is 711. The van der Waals surface area contributed by atoms with Crippen LogP contribution >= 0.6 is 23.1 Å². The van der Waals surface area contributed by atoms with Crippen molar-refractivity contribution in [3.63, 3.8) is 0 Å². The van der Waals surface area contributed by atoms with Gasteiger partial charge in [-0.2, -0.15) is 5.10 Å². The number of carbonyl (C=O) groups is 1. The molecule has 0 bridgehead atoms. The summed E-state index contributed by atoms with van der Waals surface area (Å²) in [5.41, 5.74) is 3.57. The second-order valence-corrected chi connectivity index (χ2v) is 8.52. The molecule has 2 aromatic rings. The molecule has 0 fully saturated rings. The fraction of sp³-hybridized carbons (Fsp3) is 0.600. The summed E-state index contributed by atoms with van der Waals surface area (Å²) < 4.78 is 0.885. The SMILES string of the molecule is CCSc1nnc(NC(=O)CN2CCc3[nH]nc(C(C)C)c3C2)s1. The molecule has 2 aromatic heterocycles. The number of carbonyl (C=O) groups excluding carboxylic acids is 1. The Kier molecular flexibility index (Phi) is 5.52. The zero-order valence-electron chi connectivity index (χ0n) is 14.1. The number of hydrogen-bond donors (Lipinski definition) is 2. The second kappa shape index (κ2) is 7.62. The molecule has 0 aliphatic carbocycles. The summed E-state index contributed by atoms with van der Waals surface area (Å²) in [5, 5.41) is 19.1. The van der Waals surface area contributed by atoms with Crippen molar-refractivity contribution in [3.05, 3.63) is 17.0 Å². The molecule has 1 aliphatic heterocycles. The number of anilines is 1. The molecule has 0 radical (unpaired) electrons. The third-order valence-corrected chi connectivity index (χ3v) is 5.73. The smallest absolute Gasteiger partial charge is 0.240 e. The average molecular weight is 367 g/mol. The predicted octanol–water partition coefficient (Wildman–Crippen LogP) is 2.49. The number of nitrogens with one attached hydrogen (secondary N) is 2. The number of H-pyrrole nitrogens is 1. The first-order valence-corrected chi connectivity index (χ1v) is 9.91. The predicted molar refractivity (Wildman–Crippen MR) is 96.6 cm³/mol. The van der Waals surface area contributed by atoms with Crippen LogP contribution in [0.5, 0.6) is 0 Å². The van der Waals surface area contributed by atoms with Gasteiger partial charge < -0.3 is 0 Å². The van der Waals surface area contributed by atoms with Crippen LogP contribution < -0.4 is 5.32 Å². The summed E-state index contributed by atoms with van der Waals surface area (Å²) in [6, 6.07) is 0. The first-order chi connectivity index (χ1) is 11.6. The number of aromatic nitrogens is 4. The van der Waals surface area contributed by atoms with E-state index in [0.717, 1.165) is 35.3 Å². The summed E-state index contributed by atoms with van der Waals surface area (Å²) in [7, 11) is 0. The van der Waals surface area contributed by atoms with Crippen LogP contribution in [0.4, 0.5) is 5.13 Å². The fourth-order valence-corrected chi connectivity index (χ4v) is 4.45. The van der Waals surface area contributed by atoms with Gasteiger partial charge in [0.1, 0.15) is 0 Å². The van der Waals surface area contributed by atoms with Crippen molar-refractivity contribution >= 4 is 34.1 Å². The Labute approximate surface area is 149 Å². The average Bonchev–Trinajstić information content (AvgIpc) is 3.14. The Morgan fingerprint density at radius 3 is 3.04 bits per heavy atom. The van der Waals surface area contributed by atoms with Gasteiger partial charge in [-0.3, -0.25) is 20.1 Å². The minimum atomic E-state index is -0.0442. The van der Waals surface area contributed by atoms with Gasteiger partial charge in [-0.05, 0) is 11.7 Å². The van der Waals surface area contributed by atoms with Crippen LogP contribution in [0.15, 0.2) is 4.34 Å². The van der Waals surface area contributed by atoms with E-state index in [1.54, 1.807) is 11.8 Å². The number of aromatic amines is 1. The highest BCUT2D eigenvalue weighted by atomic mass is 32.2. The van der Waals surface area contributed by atoms with Gasteiger partial charge in [-0.15, -0.1) is 10.2 Å². The highest BCUT2D eigenvalue weighted by Crippen LogP contribution is 2.26. The van der Waals surface area contributed by atoms with Gasteiger partial charge in [0.25, 0.3) is 0 Å². The number of amides is 1. The van der Waals surface area contributed by atoms with E-state index >= 15 is 0 Å². The van der Waals surface area contributed by atoms with Crippen molar-refractivity contribution in [1.82, 2.24) is 25.3 Å². The molecular weight excluding hydrogens is 344 g/mol. The first kappa shape index (κ1) is 17.4. The molecule has 2 N–H and O–H groups in total. The lowest BCUT2D eigenvalue weighted by Gasteiger charge is -2.26. The summed E-state index contributed by atoms with van der Waals surface area (Å²) in [5.74, 6) is 1.29. The number of nitrogens with zero attached hydrogens (tertiary/aromatic N) is 4. The van der Waals surface area contributed by atoms with Gasteiger partial charge in [0.2, 0.25) is 11.0 Å². The van der Waals surface area contributed by atoms with Gasteiger partial charge in [0.15, 0.2) is 4.34 Å². The molecule has 3 rings (SSSR count). The standard InChI is InChI=1S/C15H22N6OS2/c1-4-23-15-20-19-14(24-15)16-12(22)8-21-6-5-11-10(7-21)13(9(2)3)18-17-11/h9H,4-8H2,1-3H3,(H,17,18)(H,16,19,22). The van der Waals surface area contributed by atoms with Gasteiger partial charge in [-0.25, -0.2) is 0 Å². The molecule has 3 heterocycles. The molecule has 0 saturated carbocycles. The quantitative estimate of drug-likeness (QED) is 0.603. The summed E-state index contributed by atoms with van der Waals surface area (Å²) in [4.78, 5) is 14.4. The van der Waals surface area contributed by atoms with Crippen molar-refractivity contribution < 1.29 is 4.79 Å². The summed E-state index contributed by atoms with van der Waals surface area (Å²) in [6.07, 6.45) is 0.901. The topological polar surface area (TPSA) is 86.8 Å². The molecule has 24 heavy (non-hydrogen) atoms. The maximum absolute atomic E-state index is 12.3. The number of fused-ring (bicyclic) bond motifs is 1. The van der Waals surface area contributed by atoms with Crippen LogP contribution in [-0.2, 0) is 17.8 Å². The largest absolute Gasteiger partial charge is 0.299 e. The Balaban J connectivity index is 1.58. The molecule has 0 unspecified atom stereocenters. The Morgan fingerprint density at radius 1 is 1.46 bits per heavy atom. The van der Waals surface area contributed by atoms with Crippen molar-refractivity contribution in [2.75, 3.05) is 24.2 Å². The van der Waals surface area contributed by atoms with Gasteiger partial charge >= 0.3 is 0 Å². The molecule has 130 valence electrons. The number of thioether (sulfide) groups is 1. The Morgan fingerprint density at radius 2 is 2.29 bits per heavy atom. The van der Waals surface area contributed by atoms with Gasteiger partial charge in [-0.1, -0.05) is 43.9 Å². The third-order valence-electron chi connectivity index (χ3n) is 3.88. The molecule has 1 aliphatic rings. The maximum atomic E-state index is 12.3. The summed E-state index contributed by atoms with van der Waals surface area (Å²) in [6.45, 7) is 8.33. The molecule has 0 atom stereocenters. The highest BCUT2D eigenvalue weighted by molar-refractivity contribution is 8.01. The van der Waals surface area contributed by atoms with E-state index < -0.39 is 0 Å². The van der Waals surface area contributed by atoms with E-state index in [9.17, 15) is 4.79 Å². The molecular formula is C15H22N6OS2. The molecule has 7 nitrogen and oxygen atoms in total. The number of rotatable bonds is 6. The molecule has 1 amide bonds. The van der Waals surface area contributed by atoms with Crippen LogP contribution in [0.3, 0.4) is 0 Å². The zero-order valence-corrected chi connectivity index (χ0v) is 15.8. The Hall–Kier alpha value is -1.45. The minimum absolute atomic E-state index is 0.0442. The van der Waals surface area contributed by atoms with Gasteiger partial charge in [0.05, 0.1) is 12.2 Å². The molecule has 0 saturated heterocycles. The second-order valence-electron chi connectivity index (χ2n) is 6.04. The van der Waals surface area contributed by atoms with Crippen molar-refractivity contribution in [3.8, 4) is 0 Å². The highest BCUT2D eigenvalue weighted by Gasteiger charge is 2.24. The van der Waals surface area contributed by atoms with E-state index in [4.69, 9.17) is 0 Å². The van der Waals surface area contributed by atoms with Crippen molar-refractivity contribution in [2.45, 2.75) is 44.0 Å². The van der Waals surface area contributed by atoms with Crippen LogP contribution in [0, 0.1) is 0 Å². The monoisotopic (exact) mass is 366 g/mol. The van der Waals surface area contributed by atoms with Crippen LogP contribution in [0.25, 0.3) is 0 Å². The van der Waals surface area contributed by atoms with Crippen LogP contribution in [-0.4, -0.2) is 50.0 Å². The zero-order chi connectivity index (χ0) is 17.1. The van der Waals surface area contributed by atoms with E-state index in [1.807, 2.05) is 0 Å². The van der Waals surface area contributed by atoms with E-state index in [1.165, 1.54) is 22.6 Å². The first-order valence-electron chi connectivity index (χ1n) is 8.11. The summed E-state index contributed by atoms with van der Waals surface area (Å²) >= 11 is 3.05. The lowest BCUT2D eigenvalue weighted by molar-refractivity contribution is -0.117. The van der Waals surface area contributed by atoms with Crippen LogP contribution in [0.1, 0.15) is 43.6 Å². The van der Waals surface area contributed by atoms with Crippen LogP contribution in [0.2, 0.25) is 0 Å². The van der Waals surface area contributed by atoms with E-state index in [0.29, 0.717) is 17.6 Å². The maximum Gasteiger partial charge on any atom is 0.240 e. The third kappa shape index (κ3) is 3.96. The lowest BCUT2D eigenvalue weighted by Crippen LogP contribution is -2.37.